The van der Waals surface area contributed by atoms with E-state index in [-0.39, 0.29) is 23.1 Å². The van der Waals surface area contributed by atoms with Crippen molar-refractivity contribution in [2.75, 3.05) is 6.61 Å². The number of hydrogen-bond acceptors (Lipinski definition) is 5. The molecule has 3 aromatic rings. The maximum Gasteiger partial charge on any atom is 0.345 e. The van der Waals surface area contributed by atoms with Gasteiger partial charge in [0.25, 0.3) is 5.91 Å². The van der Waals surface area contributed by atoms with Gasteiger partial charge in [0.05, 0.1) is 16.8 Å². The van der Waals surface area contributed by atoms with Gasteiger partial charge in [-0.1, -0.05) is 49.2 Å². The first kappa shape index (κ1) is 25.3. The molecule has 3 rings (SSSR count). The van der Waals surface area contributed by atoms with Crippen LogP contribution < -0.4 is 14.9 Å². The highest BCUT2D eigenvalue weighted by molar-refractivity contribution is 6.36. The number of amides is 1. The molecule has 0 aliphatic rings. The van der Waals surface area contributed by atoms with E-state index < -0.39 is 5.97 Å². The number of esters is 1. The number of hydrazone groups is 1. The lowest BCUT2D eigenvalue weighted by Crippen LogP contribution is -2.24. The first-order valence-electron chi connectivity index (χ1n) is 10.7. The lowest BCUT2D eigenvalue weighted by molar-refractivity contribution is -0.123. The van der Waals surface area contributed by atoms with Crippen molar-refractivity contribution in [2.24, 2.45) is 5.10 Å². The van der Waals surface area contributed by atoms with E-state index >= 15 is 0 Å². The Labute approximate surface area is 208 Å². The molecule has 0 aromatic heterocycles. The summed E-state index contributed by atoms with van der Waals surface area (Å²) in [5.41, 5.74) is 4.56. The van der Waals surface area contributed by atoms with Crippen molar-refractivity contribution >= 4 is 41.3 Å². The predicted molar refractivity (Wildman–Crippen MR) is 134 cm³/mol. The van der Waals surface area contributed by atoms with Gasteiger partial charge in [0.2, 0.25) is 0 Å². The van der Waals surface area contributed by atoms with Crippen LogP contribution in [0, 0.1) is 0 Å². The monoisotopic (exact) mass is 498 g/mol. The topological polar surface area (TPSA) is 77.0 Å². The predicted octanol–water partition coefficient (Wildman–Crippen LogP) is 6.26. The molecule has 1 amide bonds. The quantitative estimate of drug-likeness (QED) is 0.163. The third kappa shape index (κ3) is 7.33. The molecule has 0 radical (unpaired) electrons. The van der Waals surface area contributed by atoms with E-state index in [1.807, 2.05) is 24.3 Å². The summed E-state index contributed by atoms with van der Waals surface area (Å²) in [5, 5.41) is 4.56. The van der Waals surface area contributed by atoms with Crippen LogP contribution in [0.1, 0.15) is 47.7 Å². The van der Waals surface area contributed by atoms with Crippen LogP contribution in [-0.4, -0.2) is 24.7 Å². The molecule has 0 spiro atoms. The van der Waals surface area contributed by atoms with E-state index in [9.17, 15) is 9.59 Å². The number of hydrogen-bond donors (Lipinski definition) is 1. The van der Waals surface area contributed by atoms with Crippen molar-refractivity contribution in [3.63, 3.8) is 0 Å². The molecule has 0 aliphatic carbocycles. The van der Waals surface area contributed by atoms with E-state index in [1.165, 1.54) is 23.9 Å². The standard InChI is InChI=1S/C26H24Cl2N2O4/c1-3-17(2)19-6-11-21(12-7-19)33-16-25(31)30-29-15-18-4-9-22(10-5-18)34-26(32)23-13-8-20(27)14-24(23)28/h4-15,17H,3,16H2,1-2H3,(H,30,31)/b29-15+. The molecule has 0 saturated carbocycles. The van der Waals surface area contributed by atoms with Gasteiger partial charge in [-0.25, -0.2) is 10.2 Å². The number of carbonyl (C=O) groups excluding carboxylic acids is 2. The van der Waals surface area contributed by atoms with E-state index in [2.05, 4.69) is 24.4 Å². The van der Waals surface area contributed by atoms with Crippen LogP contribution in [-0.2, 0) is 4.79 Å². The molecular weight excluding hydrogens is 475 g/mol. The number of nitrogens with zero attached hydrogens (tertiary/aromatic N) is 1. The van der Waals surface area contributed by atoms with Gasteiger partial charge in [-0.05, 0) is 78.1 Å². The fourth-order valence-corrected chi connectivity index (χ4v) is 3.41. The maximum atomic E-state index is 12.3. The van der Waals surface area contributed by atoms with E-state index in [0.717, 1.165) is 6.42 Å². The second-order valence-electron chi connectivity index (χ2n) is 7.54. The molecule has 1 unspecified atom stereocenters. The highest BCUT2D eigenvalue weighted by Crippen LogP contribution is 2.23. The molecule has 1 atom stereocenters. The highest BCUT2D eigenvalue weighted by atomic mass is 35.5. The van der Waals surface area contributed by atoms with E-state index in [4.69, 9.17) is 32.7 Å². The van der Waals surface area contributed by atoms with Crippen molar-refractivity contribution in [1.82, 2.24) is 5.43 Å². The lowest BCUT2D eigenvalue weighted by atomic mass is 9.99. The van der Waals surface area contributed by atoms with Gasteiger partial charge in [0.1, 0.15) is 11.5 Å². The summed E-state index contributed by atoms with van der Waals surface area (Å²) >= 11 is 11.9. The average molecular weight is 499 g/mol. The van der Waals surface area contributed by atoms with Gasteiger partial charge in [0.15, 0.2) is 6.61 Å². The molecule has 0 bridgehead atoms. The summed E-state index contributed by atoms with van der Waals surface area (Å²) in [4.78, 5) is 24.2. The first-order valence-corrected chi connectivity index (χ1v) is 11.4. The smallest absolute Gasteiger partial charge is 0.345 e. The summed E-state index contributed by atoms with van der Waals surface area (Å²) in [6, 6.07) is 18.9. The molecule has 1 N–H and O–H groups in total. The minimum Gasteiger partial charge on any atom is -0.484 e. The van der Waals surface area contributed by atoms with Gasteiger partial charge in [-0.15, -0.1) is 0 Å². The van der Waals surface area contributed by atoms with Crippen molar-refractivity contribution in [3.8, 4) is 11.5 Å². The Morgan fingerprint density at radius 3 is 2.32 bits per heavy atom. The summed E-state index contributed by atoms with van der Waals surface area (Å²) in [6.07, 6.45) is 2.53. The summed E-state index contributed by atoms with van der Waals surface area (Å²) < 4.78 is 10.8. The number of nitrogens with one attached hydrogen (secondary N) is 1. The Bertz CT molecular complexity index is 1160. The highest BCUT2D eigenvalue weighted by Gasteiger charge is 2.13. The molecule has 0 saturated heterocycles. The molecule has 8 heteroatoms. The van der Waals surface area contributed by atoms with Crippen LogP contribution in [0.2, 0.25) is 10.0 Å². The maximum absolute atomic E-state index is 12.3. The van der Waals surface area contributed by atoms with Crippen molar-refractivity contribution in [1.29, 1.82) is 0 Å². The summed E-state index contributed by atoms with van der Waals surface area (Å²) in [7, 11) is 0. The van der Waals surface area contributed by atoms with Crippen LogP contribution >= 0.6 is 23.2 Å². The molecule has 34 heavy (non-hydrogen) atoms. The summed E-state index contributed by atoms with van der Waals surface area (Å²) in [5.74, 6) is 0.466. The van der Waals surface area contributed by atoms with Crippen LogP contribution in [0.5, 0.6) is 11.5 Å². The van der Waals surface area contributed by atoms with Crippen LogP contribution in [0.25, 0.3) is 0 Å². The van der Waals surface area contributed by atoms with Crippen LogP contribution in [0.15, 0.2) is 71.8 Å². The van der Waals surface area contributed by atoms with Crippen molar-refractivity contribution < 1.29 is 19.1 Å². The molecule has 0 aliphatic heterocycles. The number of ether oxygens (including phenoxy) is 2. The fourth-order valence-electron chi connectivity index (χ4n) is 2.93. The first-order chi connectivity index (χ1) is 16.4. The SMILES string of the molecule is CCC(C)c1ccc(OCC(=O)N/N=C/c2ccc(OC(=O)c3ccc(Cl)cc3Cl)cc2)cc1. The number of benzene rings is 3. The molecule has 176 valence electrons. The molecule has 6 nitrogen and oxygen atoms in total. The Morgan fingerprint density at radius 1 is 1.00 bits per heavy atom. The largest absolute Gasteiger partial charge is 0.484 e. The second kappa shape index (κ2) is 12.2. The summed E-state index contributed by atoms with van der Waals surface area (Å²) in [6.45, 7) is 4.16. The zero-order valence-corrected chi connectivity index (χ0v) is 20.3. The second-order valence-corrected chi connectivity index (χ2v) is 8.39. The van der Waals surface area contributed by atoms with E-state index in [0.29, 0.717) is 28.0 Å². The molecule has 0 fully saturated rings. The van der Waals surface area contributed by atoms with Crippen molar-refractivity contribution in [2.45, 2.75) is 26.2 Å². The third-order valence-corrected chi connectivity index (χ3v) is 5.62. The Morgan fingerprint density at radius 2 is 1.68 bits per heavy atom. The van der Waals surface area contributed by atoms with Crippen LogP contribution in [0.4, 0.5) is 0 Å². The molecule has 0 heterocycles. The number of rotatable bonds is 9. The van der Waals surface area contributed by atoms with Gasteiger partial charge < -0.3 is 9.47 Å². The van der Waals surface area contributed by atoms with Crippen LogP contribution in [0.3, 0.4) is 0 Å². The van der Waals surface area contributed by atoms with Gasteiger partial charge >= 0.3 is 5.97 Å². The average Bonchev–Trinajstić information content (AvgIpc) is 2.83. The Balaban J connectivity index is 1.45. The minimum atomic E-state index is -0.593. The molecule has 3 aromatic carbocycles. The lowest BCUT2D eigenvalue weighted by Gasteiger charge is -2.10. The number of carbonyl (C=O) groups is 2. The zero-order chi connectivity index (χ0) is 24.5. The van der Waals surface area contributed by atoms with Gasteiger partial charge in [-0.2, -0.15) is 5.10 Å². The van der Waals surface area contributed by atoms with Gasteiger partial charge in [-0.3, -0.25) is 4.79 Å². The zero-order valence-electron chi connectivity index (χ0n) is 18.8. The minimum absolute atomic E-state index is 0.151. The van der Waals surface area contributed by atoms with E-state index in [1.54, 1.807) is 30.3 Å². The Kier molecular flexibility index (Phi) is 9.08. The van der Waals surface area contributed by atoms with Gasteiger partial charge in [0, 0.05) is 5.02 Å². The third-order valence-electron chi connectivity index (χ3n) is 5.08. The number of halogens is 2. The fraction of sp³-hybridized carbons (Fsp3) is 0.192. The van der Waals surface area contributed by atoms with Crippen molar-refractivity contribution in [3.05, 3.63) is 93.5 Å². The molecular formula is C26H24Cl2N2O4. The normalized spacial score (nSPS) is 11.8. The Hall–Kier alpha value is -3.35.